The van der Waals surface area contributed by atoms with Crippen LogP contribution in [0, 0.1) is 0 Å². The minimum Gasteiger partial charge on any atom is -0.411 e. The molecule has 0 saturated carbocycles. The standard InChI is InChI=1S/C12H10Cl2N4O/c13-9-3-1-8(2-4-9)5-15-12-10(6-18-19)11(14)16-7-17-12/h1-4,6-7,19H,5H2,(H,15,16,17)/b18-6+. The largest absolute Gasteiger partial charge is 0.411 e. The quantitative estimate of drug-likeness (QED) is 0.393. The number of hydrogen-bond acceptors (Lipinski definition) is 5. The first-order valence-corrected chi connectivity index (χ1v) is 6.12. The van der Waals surface area contributed by atoms with Gasteiger partial charge in [-0.15, -0.1) is 0 Å². The summed E-state index contributed by atoms with van der Waals surface area (Å²) in [6, 6.07) is 7.42. The Morgan fingerprint density at radius 3 is 2.63 bits per heavy atom. The predicted molar refractivity (Wildman–Crippen MR) is 75.2 cm³/mol. The van der Waals surface area contributed by atoms with Crippen LogP contribution in [0.2, 0.25) is 10.2 Å². The average Bonchev–Trinajstić information content (AvgIpc) is 2.41. The molecule has 0 aliphatic rings. The summed E-state index contributed by atoms with van der Waals surface area (Å²) >= 11 is 11.7. The predicted octanol–water partition coefficient (Wildman–Crippen LogP) is 3.20. The monoisotopic (exact) mass is 296 g/mol. The van der Waals surface area contributed by atoms with Crippen molar-refractivity contribution in [2.24, 2.45) is 5.16 Å². The van der Waals surface area contributed by atoms with Gasteiger partial charge in [-0.25, -0.2) is 9.97 Å². The Morgan fingerprint density at radius 2 is 1.95 bits per heavy atom. The van der Waals surface area contributed by atoms with Gasteiger partial charge in [-0.2, -0.15) is 0 Å². The van der Waals surface area contributed by atoms with Crippen molar-refractivity contribution in [3.63, 3.8) is 0 Å². The minimum absolute atomic E-state index is 0.214. The van der Waals surface area contributed by atoms with Crippen LogP contribution in [-0.4, -0.2) is 21.4 Å². The molecule has 0 aliphatic carbocycles. The number of oxime groups is 1. The fourth-order valence-electron chi connectivity index (χ4n) is 1.48. The maximum atomic E-state index is 8.60. The van der Waals surface area contributed by atoms with Crippen molar-refractivity contribution in [2.45, 2.75) is 6.54 Å². The Balaban J connectivity index is 2.15. The number of nitrogens with zero attached hydrogens (tertiary/aromatic N) is 3. The van der Waals surface area contributed by atoms with E-state index in [4.69, 9.17) is 28.4 Å². The van der Waals surface area contributed by atoms with Crippen molar-refractivity contribution in [1.82, 2.24) is 9.97 Å². The minimum atomic E-state index is 0.214. The molecule has 0 atom stereocenters. The Hall–Kier alpha value is -1.85. The van der Waals surface area contributed by atoms with Gasteiger partial charge in [0.05, 0.1) is 11.8 Å². The van der Waals surface area contributed by atoms with Gasteiger partial charge in [-0.05, 0) is 17.7 Å². The van der Waals surface area contributed by atoms with E-state index in [1.54, 1.807) is 0 Å². The lowest BCUT2D eigenvalue weighted by atomic mass is 10.2. The highest BCUT2D eigenvalue weighted by Gasteiger charge is 2.07. The zero-order valence-electron chi connectivity index (χ0n) is 9.72. The molecule has 0 aliphatic heterocycles. The number of rotatable bonds is 4. The molecular formula is C12H10Cl2N4O. The number of hydrogen-bond donors (Lipinski definition) is 2. The first kappa shape index (κ1) is 13.6. The summed E-state index contributed by atoms with van der Waals surface area (Å²) < 4.78 is 0. The zero-order valence-corrected chi connectivity index (χ0v) is 11.2. The van der Waals surface area contributed by atoms with Gasteiger partial charge < -0.3 is 10.5 Å². The molecule has 98 valence electrons. The number of aromatic nitrogens is 2. The van der Waals surface area contributed by atoms with Gasteiger partial charge >= 0.3 is 0 Å². The van der Waals surface area contributed by atoms with E-state index in [2.05, 4.69) is 20.4 Å². The highest BCUT2D eigenvalue weighted by Crippen LogP contribution is 2.18. The second kappa shape index (κ2) is 6.36. The van der Waals surface area contributed by atoms with Gasteiger partial charge in [-0.1, -0.05) is 40.5 Å². The maximum Gasteiger partial charge on any atom is 0.143 e. The van der Waals surface area contributed by atoms with Crippen LogP contribution in [-0.2, 0) is 6.54 Å². The topological polar surface area (TPSA) is 70.4 Å². The van der Waals surface area contributed by atoms with Crippen molar-refractivity contribution in [3.8, 4) is 0 Å². The van der Waals surface area contributed by atoms with Crippen LogP contribution in [0.4, 0.5) is 5.82 Å². The average molecular weight is 297 g/mol. The van der Waals surface area contributed by atoms with Crippen LogP contribution in [0.25, 0.3) is 0 Å². The van der Waals surface area contributed by atoms with Gasteiger partial charge in [0.1, 0.15) is 17.3 Å². The molecule has 0 saturated heterocycles. The summed E-state index contributed by atoms with van der Waals surface area (Å²) in [7, 11) is 0. The van der Waals surface area contributed by atoms with Gasteiger partial charge in [0.15, 0.2) is 0 Å². The van der Waals surface area contributed by atoms with Gasteiger partial charge in [0, 0.05) is 11.6 Å². The first-order chi connectivity index (χ1) is 9.20. The molecule has 19 heavy (non-hydrogen) atoms. The van der Waals surface area contributed by atoms with E-state index in [0.717, 1.165) is 5.56 Å². The van der Waals surface area contributed by atoms with Gasteiger partial charge in [0.25, 0.3) is 0 Å². The number of nitrogens with one attached hydrogen (secondary N) is 1. The van der Waals surface area contributed by atoms with Crippen LogP contribution in [0.5, 0.6) is 0 Å². The fourth-order valence-corrected chi connectivity index (χ4v) is 1.78. The van der Waals surface area contributed by atoms with Crippen LogP contribution < -0.4 is 5.32 Å². The van der Waals surface area contributed by atoms with E-state index in [1.165, 1.54) is 12.5 Å². The van der Waals surface area contributed by atoms with Crippen LogP contribution in [0.3, 0.4) is 0 Å². The molecular weight excluding hydrogens is 287 g/mol. The van der Waals surface area contributed by atoms with Crippen LogP contribution in [0.15, 0.2) is 35.7 Å². The van der Waals surface area contributed by atoms with E-state index >= 15 is 0 Å². The summed E-state index contributed by atoms with van der Waals surface area (Å²) in [5.41, 5.74) is 1.46. The van der Waals surface area contributed by atoms with Gasteiger partial charge in [-0.3, -0.25) is 0 Å². The number of halogens is 2. The van der Waals surface area contributed by atoms with Crippen LogP contribution >= 0.6 is 23.2 Å². The molecule has 0 bridgehead atoms. The Bertz CT molecular complexity index is 587. The third-order valence-electron chi connectivity index (χ3n) is 2.40. The number of benzene rings is 1. The first-order valence-electron chi connectivity index (χ1n) is 5.37. The third-order valence-corrected chi connectivity index (χ3v) is 2.95. The summed E-state index contributed by atoms with van der Waals surface area (Å²) in [5.74, 6) is 0.493. The van der Waals surface area contributed by atoms with E-state index in [9.17, 15) is 0 Å². The lowest BCUT2D eigenvalue weighted by molar-refractivity contribution is 0.322. The van der Waals surface area contributed by atoms with Crippen molar-refractivity contribution >= 4 is 35.2 Å². The molecule has 2 N–H and O–H groups in total. The van der Waals surface area contributed by atoms with Crippen molar-refractivity contribution in [3.05, 3.63) is 51.9 Å². The molecule has 0 spiro atoms. The second-order valence-corrected chi connectivity index (χ2v) is 4.45. The number of anilines is 1. The molecule has 0 radical (unpaired) electrons. The molecule has 2 aromatic rings. The molecule has 1 aromatic heterocycles. The Kier molecular flexibility index (Phi) is 4.54. The molecule has 1 heterocycles. The van der Waals surface area contributed by atoms with E-state index in [-0.39, 0.29) is 5.15 Å². The summed E-state index contributed by atoms with van der Waals surface area (Å²) in [4.78, 5) is 7.88. The smallest absolute Gasteiger partial charge is 0.143 e. The highest BCUT2D eigenvalue weighted by molar-refractivity contribution is 6.32. The molecule has 1 aromatic carbocycles. The summed E-state index contributed by atoms with van der Waals surface area (Å²) in [6.45, 7) is 0.538. The SMILES string of the molecule is O/N=C/c1c(Cl)ncnc1NCc1ccc(Cl)cc1. The fraction of sp³-hybridized carbons (Fsp3) is 0.0833. The van der Waals surface area contributed by atoms with Crippen molar-refractivity contribution < 1.29 is 5.21 Å². The van der Waals surface area contributed by atoms with Crippen LogP contribution in [0.1, 0.15) is 11.1 Å². The normalized spacial score (nSPS) is 10.8. The molecule has 0 fully saturated rings. The third kappa shape index (κ3) is 3.56. The van der Waals surface area contributed by atoms with E-state index < -0.39 is 0 Å². The van der Waals surface area contributed by atoms with E-state index in [0.29, 0.717) is 22.9 Å². The van der Waals surface area contributed by atoms with E-state index in [1.807, 2.05) is 24.3 Å². The molecule has 0 unspecified atom stereocenters. The molecule has 0 amide bonds. The Labute approximate surface area is 119 Å². The van der Waals surface area contributed by atoms with Gasteiger partial charge in [0.2, 0.25) is 0 Å². The van der Waals surface area contributed by atoms with Crippen molar-refractivity contribution in [2.75, 3.05) is 5.32 Å². The van der Waals surface area contributed by atoms with Crippen molar-refractivity contribution in [1.29, 1.82) is 0 Å². The molecule has 7 heteroatoms. The second-order valence-electron chi connectivity index (χ2n) is 3.65. The zero-order chi connectivity index (χ0) is 13.7. The lowest BCUT2D eigenvalue weighted by Gasteiger charge is -2.08. The lowest BCUT2D eigenvalue weighted by Crippen LogP contribution is -2.05. The summed E-state index contributed by atoms with van der Waals surface area (Å²) in [6.07, 6.45) is 2.52. The Morgan fingerprint density at radius 1 is 1.21 bits per heavy atom. The maximum absolute atomic E-state index is 8.60. The summed E-state index contributed by atoms with van der Waals surface area (Å²) in [5, 5.41) is 15.5. The molecule has 5 nitrogen and oxygen atoms in total. The highest BCUT2D eigenvalue weighted by atomic mass is 35.5. The molecule has 2 rings (SSSR count).